The Hall–Kier alpha value is -2.18. The summed E-state index contributed by atoms with van der Waals surface area (Å²) >= 11 is 5.87. The number of rotatable bonds is 7. The van der Waals surface area contributed by atoms with E-state index in [2.05, 4.69) is 20.6 Å². The molecule has 1 aromatic heterocycles. The molecule has 1 aliphatic rings. The number of nitrogens with zero attached hydrogens (tertiary/aromatic N) is 2. The second-order valence-corrected chi connectivity index (χ2v) is 6.37. The lowest BCUT2D eigenvalue weighted by molar-refractivity contribution is 0.0853. The summed E-state index contributed by atoms with van der Waals surface area (Å²) in [7, 11) is 0. The SMILES string of the molecule is O=C(NCC1CCCO1)c1cnc(NCCc2ccc(Cl)cc2)cn1. The van der Waals surface area contributed by atoms with E-state index in [1.54, 1.807) is 6.20 Å². The predicted molar refractivity (Wildman–Crippen MR) is 97.0 cm³/mol. The number of aromatic nitrogens is 2. The van der Waals surface area contributed by atoms with E-state index in [0.29, 0.717) is 18.1 Å². The Balaban J connectivity index is 1.43. The van der Waals surface area contributed by atoms with Gasteiger partial charge in [-0.25, -0.2) is 9.97 Å². The van der Waals surface area contributed by atoms with Crippen molar-refractivity contribution in [3.05, 3.63) is 52.9 Å². The molecule has 6 nitrogen and oxygen atoms in total. The van der Waals surface area contributed by atoms with Crippen LogP contribution >= 0.6 is 11.6 Å². The molecule has 0 saturated carbocycles. The highest BCUT2D eigenvalue weighted by Gasteiger charge is 2.17. The van der Waals surface area contributed by atoms with Crippen LogP contribution in [0.4, 0.5) is 5.82 Å². The van der Waals surface area contributed by atoms with Crippen molar-refractivity contribution in [1.82, 2.24) is 15.3 Å². The molecule has 3 rings (SSSR count). The summed E-state index contributed by atoms with van der Waals surface area (Å²) < 4.78 is 5.48. The lowest BCUT2D eigenvalue weighted by Gasteiger charge is -2.10. The minimum Gasteiger partial charge on any atom is -0.376 e. The monoisotopic (exact) mass is 360 g/mol. The molecule has 7 heteroatoms. The van der Waals surface area contributed by atoms with Crippen molar-refractivity contribution in [2.45, 2.75) is 25.4 Å². The molecule has 1 aromatic carbocycles. The largest absolute Gasteiger partial charge is 0.376 e. The zero-order valence-electron chi connectivity index (χ0n) is 13.9. The Morgan fingerprint density at radius 2 is 2.08 bits per heavy atom. The van der Waals surface area contributed by atoms with E-state index < -0.39 is 0 Å². The third-order valence-corrected chi connectivity index (χ3v) is 4.28. The second kappa shape index (κ2) is 8.78. The van der Waals surface area contributed by atoms with Crippen molar-refractivity contribution in [2.24, 2.45) is 0 Å². The van der Waals surface area contributed by atoms with Gasteiger partial charge in [0.15, 0.2) is 0 Å². The van der Waals surface area contributed by atoms with Crippen LogP contribution in [-0.4, -0.2) is 41.7 Å². The Labute approximate surface area is 152 Å². The van der Waals surface area contributed by atoms with Crippen LogP contribution in [0.5, 0.6) is 0 Å². The first-order chi connectivity index (χ1) is 12.2. The maximum absolute atomic E-state index is 12.0. The molecule has 1 atom stereocenters. The van der Waals surface area contributed by atoms with Gasteiger partial charge in [0.2, 0.25) is 0 Å². The lowest BCUT2D eigenvalue weighted by Crippen LogP contribution is -2.32. The van der Waals surface area contributed by atoms with E-state index in [4.69, 9.17) is 16.3 Å². The van der Waals surface area contributed by atoms with Gasteiger partial charge in [0.1, 0.15) is 11.5 Å². The zero-order chi connectivity index (χ0) is 17.5. The summed E-state index contributed by atoms with van der Waals surface area (Å²) in [5.74, 6) is 0.417. The van der Waals surface area contributed by atoms with Gasteiger partial charge in [0, 0.05) is 24.7 Å². The number of carbonyl (C=O) groups excluding carboxylic acids is 1. The Bertz CT molecular complexity index is 685. The van der Waals surface area contributed by atoms with Crippen LogP contribution in [0.1, 0.15) is 28.9 Å². The fourth-order valence-corrected chi connectivity index (χ4v) is 2.75. The highest BCUT2D eigenvalue weighted by Crippen LogP contribution is 2.11. The predicted octanol–water partition coefficient (Wildman–Crippen LogP) is 2.69. The smallest absolute Gasteiger partial charge is 0.271 e. The normalized spacial score (nSPS) is 16.6. The van der Waals surface area contributed by atoms with E-state index in [1.165, 1.54) is 11.8 Å². The van der Waals surface area contributed by atoms with Crippen molar-refractivity contribution in [3.8, 4) is 0 Å². The minimum absolute atomic E-state index is 0.116. The maximum Gasteiger partial charge on any atom is 0.271 e. The molecule has 0 bridgehead atoms. The molecule has 0 radical (unpaired) electrons. The Morgan fingerprint density at radius 3 is 2.76 bits per heavy atom. The van der Waals surface area contributed by atoms with E-state index in [0.717, 1.165) is 37.4 Å². The van der Waals surface area contributed by atoms with Crippen molar-refractivity contribution in [3.63, 3.8) is 0 Å². The standard InChI is InChI=1S/C18H21ClN4O2/c19-14-5-3-13(4-6-14)7-8-20-17-12-21-16(11-22-17)18(24)23-10-15-2-1-9-25-15/h3-6,11-12,15H,1-2,7-10H2,(H,20,22)(H,23,24). The number of hydrogen-bond acceptors (Lipinski definition) is 5. The molecular formula is C18H21ClN4O2. The molecule has 0 aliphatic carbocycles. The molecule has 1 saturated heterocycles. The van der Waals surface area contributed by atoms with E-state index >= 15 is 0 Å². The molecule has 1 unspecified atom stereocenters. The minimum atomic E-state index is -0.226. The first-order valence-electron chi connectivity index (χ1n) is 8.41. The highest BCUT2D eigenvalue weighted by atomic mass is 35.5. The molecule has 25 heavy (non-hydrogen) atoms. The van der Waals surface area contributed by atoms with Gasteiger partial charge in [-0.1, -0.05) is 23.7 Å². The first-order valence-corrected chi connectivity index (χ1v) is 8.78. The summed E-state index contributed by atoms with van der Waals surface area (Å²) in [6, 6.07) is 7.75. The van der Waals surface area contributed by atoms with Crippen LogP contribution in [0.2, 0.25) is 5.02 Å². The summed E-state index contributed by atoms with van der Waals surface area (Å²) in [5.41, 5.74) is 1.50. The Morgan fingerprint density at radius 1 is 1.24 bits per heavy atom. The molecule has 0 spiro atoms. The van der Waals surface area contributed by atoms with Gasteiger partial charge in [-0.3, -0.25) is 4.79 Å². The molecule has 1 fully saturated rings. The first kappa shape index (κ1) is 17.6. The van der Waals surface area contributed by atoms with E-state index in [1.807, 2.05) is 24.3 Å². The van der Waals surface area contributed by atoms with Crippen molar-refractivity contribution < 1.29 is 9.53 Å². The fourth-order valence-electron chi connectivity index (χ4n) is 2.62. The number of nitrogens with one attached hydrogen (secondary N) is 2. The average molecular weight is 361 g/mol. The van der Waals surface area contributed by atoms with E-state index in [-0.39, 0.29) is 12.0 Å². The van der Waals surface area contributed by atoms with Gasteiger partial charge < -0.3 is 15.4 Å². The van der Waals surface area contributed by atoms with Crippen LogP contribution in [-0.2, 0) is 11.2 Å². The van der Waals surface area contributed by atoms with Gasteiger partial charge in [0.25, 0.3) is 5.91 Å². The van der Waals surface area contributed by atoms with Crippen LogP contribution in [0.15, 0.2) is 36.7 Å². The second-order valence-electron chi connectivity index (χ2n) is 5.94. The quantitative estimate of drug-likeness (QED) is 0.794. The molecule has 1 amide bonds. The molecule has 1 aliphatic heterocycles. The molecule has 2 aromatic rings. The topological polar surface area (TPSA) is 76.1 Å². The van der Waals surface area contributed by atoms with Gasteiger partial charge in [-0.15, -0.1) is 0 Å². The Kier molecular flexibility index (Phi) is 6.19. The molecule has 2 heterocycles. The van der Waals surface area contributed by atoms with Crippen LogP contribution in [0.3, 0.4) is 0 Å². The lowest BCUT2D eigenvalue weighted by atomic mass is 10.1. The van der Waals surface area contributed by atoms with Crippen molar-refractivity contribution >= 4 is 23.3 Å². The average Bonchev–Trinajstić information content (AvgIpc) is 3.15. The number of carbonyl (C=O) groups is 1. The van der Waals surface area contributed by atoms with Crippen LogP contribution in [0, 0.1) is 0 Å². The zero-order valence-corrected chi connectivity index (χ0v) is 14.6. The van der Waals surface area contributed by atoms with Crippen LogP contribution in [0.25, 0.3) is 0 Å². The van der Waals surface area contributed by atoms with E-state index in [9.17, 15) is 4.79 Å². The third-order valence-electron chi connectivity index (χ3n) is 4.03. The van der Waals surface area contributed by atoms with Crippen molar-refractivity contribution in [2.75, 3.05) is 25.0 Å². The number of halogens is 1. The fraction of sp³-hybridized carbons (Fsp3) is 0.389. The molecule has 2 N–H and O–H groups in total. The number of amides is 1. The molecular weight excluding hydrogens is 340 g/mol. The summed E-state index contributed by atoms with van der Waals surface area (Å²) in [5, 5.41) is 6.76. The number of ether oxygens (including phenoxy) is 1. The van der Waals surface area contributed by atoms with Gasteiger partial charge in [-0.05, 0) is 37.0 Å². The summed E-state index contributed by atoms with van der Waals surface area (Å²) in [4.78, 5) is 20.4. The third kappa shape index (κ3) is 5.41. The van der Waals surface area contributed by atoms with Gasteiger partial charge in [0.05, 0.1) is 18.5 Å². The van der Waals surface area contributed by atoms with Gasteiger partial charge in [-0.2, -0.15) is 0 Å². The summed E-state index contributed by atoms with van der Waals surface area (Å²) in [6.45, 7) is 2.01. The number of anilines is 1. The number of hydrogen-bond donors (Lipinski definition) is 2. The van der Waals surface area contributed by atoms with Crippen LogP contribution < -0.4 is 10.6 Å². The highest BCUT2D eigenvalue weighted by molar-refractivity contribution is 6.30. The maximum atomic E-state index is 12.0. The van der Waals surface area contributed by atoms with Crippen molar-refractivity contribution in [1.29, 1.82) is 0 Å². The summed E-state index contributed by atoms with van der Waals surface area (Å²) in [6.07, 6.45) is 6.06. The molecule has 132 valence electrons. The van der Waals surface area contributed by atoms with Gasteiger partial charge >= 0.3 is 0 Å². The number of benzene rings is 1.